The molecule has 0 aliphatic carbocycles. The second-order valence-corrected chi connectivity index (χ2v) is 6.07. The molecular formula is C13H16ClN3OS. The van der Waals surface area contributed by atoms with Crippen LogP contribution in [0.4, 0.5) is 5.95 Å². The van der Waals surface area contributed by atoms with Crippen molar-refractivity contribution < 1.29 is 4.74 Å². The fraction of sp³-hybridized carbons (Fsp3) is 0.385. The van der Waals surface area contributed by atoms with E-state index in [-0.39, 0.29) is 6.10 Å². The Kier molecular flexibility index (Phi) is 4.99. The van der Waals surface area contributed by atoms with Crippen LogP contribution in [-0.4, -0.2) is 22.6 Å². The highest BCUT2D eigenvalue weighted by Gasteiger charge is 2.03. The molecule has 0 unspecified atom stereocenters. The van der Waals surface area contributed by atoms with E-state index in [4.69, 9.17) is 16.3 Å². The summed E-state index contributed by atoms with van der Waals surface area (Å²) in [5.41, 5.74) is 0. The number of ether oxygens (including phenoxy) is 1. The Balaban J connectivity index is 1.85. The predicted molar refractivity (Wildman–Crippen MR) is 79.3 cm³/mol. The van der Waals surface area contributed by atoms with E-state index >= 15 is 0 Å². The van der Waals surface area contributed by atoms with Crippen molar-refractivity contribution in [1.29, 1.82) is 0 Å². The Bertz CT molecular complexity index is 530. The molecule has 0 aliphatic rings. The van der Waals surface area contributed by atoms with E-state index in [2.05, 4.69) is 15.3 Å². The van der Waals surface area contributed by atoms with Crippen molar-refractivity contribution in [2.45, 2.75) is 26.4 Å². The normalized spacial score (nSPS) is 10.7. The summed E-state index contributed by atoms with van der Waals surface area (Å²) in [6.45, 7) is 4.70. The smallest absolute Gasteiger partial charge is 0.225 e. The number of hydrogen-bond donors (Lipinski definition) is 1. The number of hydrogen-bond acceptors (Lipinski definition) is 5. The van der Waals surface area contributed by atoms with Gasteiger partial charge in [0.2, 0.25) is 11.8 Å². The number of halogens is 1. The van der Waals surface area contributed by atoms with Crippen LogP contribution in [0.3, 0.4) is 0 Å². The second kappa shape index (κ2) is 6.73. The van der Waals surface area contributed by atoms with E-state index in [1.807, 2.05) is 26.0 Å². The van der Waals surface area contributed by atoms with E-state index < -0.39 is 0 Å². The van der Waals surface area contributed by atoms with Gasteiger partial charge in [-0.2, -0.15) is 4.98 Å². The van der Waals surface area contributed by atoms with Gasteiger partial charge in [0.15, 0.2) is 0 Å². The summed E-state index contributed by atoms with van der Waals surface area (Å²) in [6, 6.07) is 5.70. The van der Waals surface area contributed by atoms with Crippen LogP contribution in [0.15, 0.2) is 24.4 Å². The molecule has 0 bridgehead atoms. The van der Waals surface area contributed by atoms with Crippen molar-refractivity contribution in [3.8, 4) is 5.88 Å². The Labute approximate surface area is 121 Å². The summed E-state index contributed by atoms with van der Waals surface area (Å²) < 4.78 is 6.33. The van der Waals surface area contributed by atoms with Gasteiger partial charge in [-0.15, -0.1) is 11.3 Å². The van der Waals surface area contributed by atoms with Crippen molar-refractivity contribution >= 4 is 28.9 Å². The lowest BCUT2D eigenvalue weighted by molar-refractivity contribution is 0.232. The molecule has 2 rings (SSSR count). The van der Waals surface area contributed by atoms with Crippen LogP contribution in [0.5, 0.6) is 5.88 Å². The number of nitrogens with zero attached hydrogens (tertiary/aromatic N) is 2. The average molecular weight is 298 g/mol. The Morgan fingerprint density at radius 1 is 1.37 bits per heavy atom. The first-order valence-electron chi connectivity index (χ1n) is 6.11. The highest BCUT2D eigenvalue weighted by atomic mass is 35.5. The Morgan fingerprint density at radius 2 is 2.21 bits per heavy atom. The van der Waals surface area contributed by atoms with E-state index in [1.165, 1.54) is 4.88 Å². The number of thiophene rings is 1. The highest BCUT2D eigenvalue weighted by molar-refractivity contribution is 7.16. The SMILES string of the molecule is CC(C)Oc1ccnc(NCCc2ccc(Cl)s2)n1. The Hall–Kier alpha value is -1.33. The average Bonchev–Trinajstić information content (AvgIpc) is 2.75. The molecule has 102 valence electrons. The molecule has 0 aromatic carbocycles. The second-order valence-electron chi connectivity index (χ2n) is 4.27. The van der Waals surface area contributed by atoms with E-state index in [0.29, 0.717) is 11.8 Å². The van der Waals surface area contributed by atoms with Crippen LogP contribution in [0, 0.1) is 0 Å². The number of anilines is 1. The highest BCUT2D eigenvalue weighted by Crippen LogP contribution is 2.21. The predicted octanol–water partition coefficient (Wildman–Crippen LogP) is 3.63. The molecule has 0 aliphatic heterocycles. The Morgan fingerprint density at radius 3 is 2.89 bits per heavy atom. The first kappa shape index (κ1) is 14.1. The molecule has 0 radical (unpaired) electrons. The number of aromatic nitrogens is 2. The molecule has 0 amide bonds. The summed E-state index contributed by atoms with van der Waals surface area (Å²) in [7, 11) is 0. The summed E-state index contributed by atoms with van der Waals surface area (Å²) >= 11 is 7.48. The van der Waals surface area contributed by atoms with Crippen molar-refractivity contribution in [3.05, 3.63) is 33.6 Å². The lowest BCUT2D eigenvalue weighted by Gasteiger charge is -2.09. The first-order valence-corrected chi connectivity index (χ1v) is 7.31. The molecule has 0 saturated heterocycles. The molecule has 1 N–H and O–H groups in total. The molecule has 0 saturated carbocycles. The zero-order chi connectivity index (χ0) is 13.7. The van der Waals surface area contributed by atoms with Gasteiger partial charge in [0, 0.05) is 23.7 Å². The number of rotatable bonds is 6. The van der Waals surface area contributed by atoms with Gasteiger partial charge in [0.05, 0.1) is 10.4 Å². The van der Waals surface area contributed by atoms with Crippen molar-refractivity contribution in [2.24, 2.45) is 0 Å². The van der Waals surface area contributed by atoms with Gasteiger partial charge < -0.3 is 10.1 Å². The van der Waals surface area contributed by atoms with Crippen molar-refractivity contribution in [1.82, 2.24) is 9.97 Å². The minimum absolute atomic E-state index is 0.107. The third-order valence-electron chi connectivity index (χ3n) is 2.27. The molecule has 4 nitrogen and oxygen atoms in total. The van der Waals surface area contributed by atoms with Gasteiger partial charge in [-0.05, 0) is 32.4 Å². The monoisotopic (exact) mass is 297 g/mol. The zero-order valence-corrected chi connectivity index (χ0v) is 12.5. The van der Waals surface area contributed by atoms with Gasteiger partial charge in [-0.25, -0.2) is 4.98 Å². The molecule has 2 aromatic heterocycles. The third kappa shape index (κ3) is 4.69. The van der Waals surface area contributed by atoms with Crippen LogP contribution in [0.25, 0.3) is 0 Å². The van der Waals surface area contributed by atoms with Crippen LogP contribution in [0.2, 0.25) is 4.34 Å². The third-order valence-corrected chi connectivity index (χ3v) is 3.56. The van der Waals surface area contributed by atoms with E-state index in [1.54, 1.807) is 23.6 Å². The fourth-order valence-corrected chi connectivity index (χ4v) is 2.61. The lowest BCUT2D eigenvalue weighted by Crippen LogP contribution is -2.10. The van der Waals surface area contributed by atoms with Crippen LogP contribution in [-0.2, 0) is 6.42 Å². The molecule has 0 spiro atoms. The minimum Gasteiger partial charge on any atom is -0.475 e. The quantitative estimate of drug-likeness (QED) is 0.884. The van der Waals surface area contributed by atoms with Crippen molar-refractivity contribution in [2.75, 3.05) is 11.9 Å². The zero-order valence-electron chi connectivity index (χ0n) is 10.9. The molecule has 19 heavy (non-hydrogen) atoms. The molecule has 6 heteroatoms. The fourth-order valence-electron chi connectivity index (χ4n) is 1.52. The van der Waals surface area contributed by atoms with Crippen molar-refractivity contribution in [3.63, 3.8) is 0 Å². The lowest BCUT2D eigenvalue weighted by atomic mass is 10.3. The molecule has 2 aromatic rings. The van der Waals surface area contributed by atoms with Gasteiger partial charge in [0.1, 0.15) is 0 Å². The van der Waals surface area contributed by atoms with Crippen LogP contribution in [0.1, 0.15) is 18.7 Å². The molecule has 2 heterocycles. The van der Waals surface area contributed by atoms with E-state index in [0.717, 1.165) is 17.3 Å². The minimum atomic E-state index is 0.107. The number of nitrogens with one attached hydrogen (secondary N) is 1. The van der Waals surface area contributed by atoms with Gasteiger partial charge in [-0.3, -0.25) is 0 Å². The first-order chi connectivity index (χ1) is 9.13. The summed E-state index contributed by atoms with van der Waals surface area (Å²) in [5.74, 6) is 1.17. The van der Waals surface area contributed by atoms with Gasteiger partial charge >= 0.3 is 0 Å². The summed E-state index contributed by atoms with van der Waals surface area (Å²) in [4.78, 5) is 9.68. The molecule has 0 atom stereocenters. The van der Waals surface area contributed by atoms with Gasteiger partial charge in [-0.1, -0.05) is 11.6 Å². The van der Waals surface area contributed by atoms with Crippen LogP contribution < -0.4 is 10.1 Å². The molecular weight excluding hydrogens is 282 g/mol. The van der Waals surface area contributed by atoms with Gasteiger partial charge in [0.25, 0.3) is 0 Å². The maximum absolute atomic E-state index is 5.88. The standard InChI is InChI=1S/C13H16ClN3OS/c1-9(2)18-12-6-8-16-13(17-12)15-7-5-10-3-4-11(14)19-10/h3-4,6,8-9H,5,7H2,1-2H3,(H,15,16,17). The summed E-state index contributed by atoms with van der Waals surface area (Å²) in [5, 5.41) is 3.18. The topological polar surface area (TPSA) is 47.0 Å². The maximum atomic E-state index is 5.88. The van der Waals surface area contributed by atoms with E-state index in [9.17, 15) is 0 Å². The van der Waals surface area contributed by atoms with Crippen LogP contribution >= 0.6 is 22.9 Å². The molecule has 0 fully saturated rings. The largest absolute Gasteiger partial charge is 0.475 e. The summed E-state index contributed by atoms with van der Waals surface area (Å²) in [6.07, 6.45) is 2.70. The maximum Gasteiger partial charge on any atom is 0.225 e.